The molecule has 5 heteroatoms. The summed E-state index contributed by atoms with van der Waals surface area (Å²) in [5.74, 6) is -1.17. The fourth-order valence-electron chi connectivity index (χ4n) is 2.57. The number of aromatic carboxylic acids is 1. The van der Waals surface area contributed by atoms with Gasteiger partial charge in [-0.3, -0.25) is 4.79 Å². The molecule has 2 heterocycles. The SMILES string of the molecule is O=C(O)c1cc2cc(Br)cc3c2n(c1=O)CCC3. The highest BCUT2D eigenvalue weighted by molar-refractivity contribution is 9.10. The minimum atomic E-state index is -1.17. The van der Waals surface area contributed by atoms with E-state index >= 15 is 0 Å². The molecule has 18 heavy (non-hydrogen) atoms. The number of benzene rings is 1. The van der Waals surface area contributed by atoms with E-state index in [4.69, 9.17) is 5.11 Å². The van der Waals surface area contributed by atoms with Crippen LogP contribution in [0, 0.1) is 0 Å². The van der Waals surface area contributed by atoms with E-state index in [0.29, 0.717) is 6.54 Å². The van der Waals surface area contributed by atoms with Gasteiger partial charge in [-0.1, -0.05) is 15.9 Å². The maximum atomic E-state index is 12.1. The summed E-state index contributed by atoms with van der Waals surface area (Å²) in [4.78, 5) is 23.2. The van der Waals surface area contributed by atoms with E-state index in [0.717, 1.165) is 33.8 Å². The number of pyridine rings is 1. The summed E-state index contributed by atoms with van der Waals surface area (Å²) < 4.78 is 2.50. The molecule has 0 amide bonds. The summed E-state index contributed by atoms with van der Waals surface area (Å²) in [5.41, 5.74) is 1.41. The number of nitrogens with zero attached hydrogens (tertiary/aromatic N) is 1. The van der Waals surface area contributed by atoms with E-state index < -0.39 is 11.5 Å². The van der Waals surface area contributed by atoms with Crippen LogP contribution < -0.4 is 5.56 Å². The Hall–Kier alpha value is -1.62. The predicted octanol–water partition coefficient (Wildman–Crippen LogP) is 2.41. The van der Waals surface area contributed by atoms with Gasteiger partial charge in [-0.25, -0.2) is 4.79 Å². The van der Waals surface area contributed by atoms with E-state index in [2.05, 4.69) is 15.9 Å². The van der Waals surface area contributed by atoms with Crippen molar-refractivity contribution in [1.29, 1.82) is 0 Å². The highest BCUT2D eigenvalue weighted by atomic mass is 79.9. The Morgan fingerprint density at radius 1 is 1.33 bits per heavy atom. The molecule has 0 bridgehead atoms. The average Bonchev–Trinajstić information content (AvgIpc) is 2.32. The molecule has 3 rings (SSSR count). The van der Waals surface area contributed by atoms with Crippen LogP contribution in [0.15, 0.2) is 27.5 Å². The summed E-state index contributed by atoms with van der Waals surface area (Å²) in [6.45, 7) is 0.588. The molecular formula is C13H10BrNO3. The lowest BCUT2D eigenvalue weighted by molar-refractivity contribution is 0.0694. The lowest BCUT2D eigenvalue weighted by Crippen LogP contribution is -2.29. The van der Waals surface area contributed by atoms with Crippen molar-refractivity contribution < 1.29 is 9.90 Å². The smallest absolute Gasteiger partial charge is 0.341 e. The maximum Gasteiger partial charge on any atom is 0.341 e. The minimum absolute atomic E-state index is 0.159. The molecule has 1 aliphatic heterocycles. The van der Waals surface area contributed by atoms with Crippen LogP contribution in [-0.4, -0.2) is 15.6 Å². The lowest BCUT2D eigenvalue weighted by atomic mass is 10.00. The molecule has 0 aliphatic carbocycles. The van der Waals surface area contributed by atoms with E-state index in [1.807, 2.05) is 12.1 Å². The average molecular weight is 308 g/mol. The Morgan fingerprint density at radius 2 is 2.11 bits per heavy atom. The van der Waals surface area contributed by atoms with E-state index in [1.165, 1.54) is 6.07 Å². The Morgan fingerprint density at radius 3 is 2.83 bits per heavy atom. The van der Waals surface area contributed by atoms with Crippen molar-refractivity contribution in [3.8, 4) is 0 Å². The number of hydrogen-bond donors (Lipinski definition) is 1. The predicted molar refractivity (Wildman–Crippen MR) is 71.2 cm³/mol. The zero-order valence-electron chi connectivity index (χ0n) is 9.44. The number of halogens is 1. The number of aryl methyl sites for hydroxylation is 2. The third kappa shape index (κ3) is 1.58. The van der Waals surface area contributed by atoms with E-state index in [9.17, 15) is 9.59 Å². The highest BCUT2D eigenvalue weighted by Gasteiger charge is 2.19. The minimum Gasteiger partial charge on any atom is -0.477 e. The van der Waals surface area contributed by atoms with Gasteiger partial charge in [0.1, 0.15) is 5.56 Å². The first kappa shape index (κ1) is 11.5. The summed E-state index contributed by atoms with van der Waals surface area (Å²) in [5, 5.41) is 9.88. The molecule has 4 nitrogen and oxygen atoms in total. The molecule has 1 aliphatic rings. The number of rotatable bonds is 1. The molecule has 1 aromatic carbocycles. The van der Waals surface area contributed by atoms with Crippen molar-refractivity contribution in [1.82, 2.24) is 4.57 Å². The molecule has 0 unspecified atom stereocenters. The van der Waals surface area contributed by atoms with Gasteiger partial charge in [0, 0.05) is 16.4 Å². The van der Waals surface area contributed by atoms with E-state index in [-0.39, 0.29) is 5.56 Å². The van der Waals surface area contributed by atoms with E-state index in [1.54, 1.807) is 4.57 Å². The van der Waals surface area contributed by atoms with Gasteiger partial charge in [0.25, 0.3) is 5.56 Å². The van der Waals surface area contributed by atoms with Crippen LogP contribution in [-0.2, 0) is 13.0 Å². The Balaban J connectivity index is 2.51. The molecule has 1 N–H and O–H groups in total. The van der Waals surface area contributed by atoms with Crippen molar-refractivity contribution in [2.75, 3.05) is 0 Å². The normalized spacial score (nSPS) is 13.8. The molecule has 2 aromatic rings. The maximum absolute atomic E-state index is 12.1. The zero-order chi connectivity index (χ0) is 12.9. The summed E-state index contributed by atoms with van der Waals surface area (Å²) >= 11 is 3.42. The van der Waals surface area contributed by atoms with Gasteiger partial charge in [0.05, 0.1) is 5.52 Å². The molecule has 0 radical (unpaired) electrons. The third-order valence-corrected chi connectivity index (χ3v) is 3.74. The second-order valence-electron chi connectivity index (χ2n) is 4.43. The van der Waals surface area contributed by atoms with Crippen molar-refractivity contribution >= 4 is 32.8 Å². The van der Waals surface area contributed by atoms with Gasteiger partial charge >= 0.3 is 5.97 Å². The van der Waals surface area contributed by atoms with Crippen molar-refractivity contribution in [3.05, 3.63) is 44.2 Å². The Kier molecular flexibility index (Phi) is 2.52. The number of hydrogen-bond acceptors (Lipinski definition) is 2. The number of carboxylic acid groups (broad SMARTS) is 1. The van der Waals surface area contributed by atoms with Crippen LogP contribution in [0.4, 0.5) is 0 Å². The molecular weight excluding hydrogens is 298 g/mol. The molecule has 0 atom stereocenters. The van der Waals surface area contributed by atoms with Crippen molar-refractivity contribution in [2.45, 2.75) is 19.4 Å². The summed E-state index contributed by atoms with van der Waals surface area (Å²) in [7, 11) is 0. The highest BCUT2D eigenvalue weighted by Crippen LogP contribution is 2.28. The van der Waals surface area contributed by atoms with Gasteiger partial charge in [-0.15, -0.1) is 0 Å². The molecule has 0 saturated carbocycles. The van der Waals surface area contributed by atoms with Crippen LogP contribution in [0.25, 0.3) is 10.9 Å². The quantitative estimate of drug-likeness (QED) is 0.880. The molecule has 0 spiro atoms. The monoisotopic (exact) mass is 307 g/mol. The number of carbonyl (C=O) groups is 1. The fourth-order valence-corrected chi connectivity index (χ4v) is 3.09. The summed E-state index contributed by atoms with van der Waals surface area (Å²) in [6, 6.07) is 5.32. The Bertz CT molecular complexity index is 733. The zero-order valence-corrected chi connectivity index (χ0v) is 11.0. The second-order valence-corrected chi connectivity index (χ2v) is 5.34. The number of carboxylic acids is 1. The molecule has 1 aromatic heterocycles. The van der Waals surface area contributed by atoms with Gasteiger partial charge in [-0.2, -0.15) is 0 Å². The lowest BCUT2D eigenvalue weighted by Gasteiger charge is -2.20. The van der Waals surface area contributed by atoms with Gasteiger partial charge in [-0.05, 0) is 36.6 Å². The van der Waals surface area contributed by atoms with Gasteiger partial charge in [0.15, 0.2) is 0 Å². The van der Waals surface area contributed by atoms with Gasteiger partial charge in [0.2, 0.25) is 0 Å². The van der Waals surface area contributed by atoms with Crippen LogP contribution in [0.1, 0.15) is 22.3 Å². The molecule has 0 saturated heterocycles. The van der Waals surface area contributed by atoms with Crippen molar-refractivity contribution in [3.63, 3.8) is 0 Å². The third-order valence-electron chi connectivity index (χ3n) is 3.29. The second kappa shape index (κ2) is 3.95. The number of aromatic nitrogens is 1. The van der Waals surface area contributed by atoms with Crippen LogP contribution in [0.3, 0.4) is 0 Å². The molecule has 0 fully saturated rings. The Labute approximate surface area is 111 Å². The molecule has 92 valence electrons. The topological polar surface area (TPSA) is 59.3 Å². The standard InChI is InChI=1S/C13H10BrNO3/c14-9-4-7-2-1-3-15-11(7)8(5-9)6-10(12(15)16)13(17)18/h4-6H,1-3H2,(H,17,18). The first-order valence-corrected chi connectivity index (χ1v) is 6.46. The van der Waals surface area contributed by atoms with Crippen molar-refractivity contribution in [2.24, 2.45) is 0 Å². The van der Waals surface area contributed by atoms with Crippen LogP contribution >= 0.6 is 15.9 Å². The van der Waals surface area contributed by atoms with Crippen LogP contribution in [0.2, 0.25) is 0 Å². The largest absolute Gasteiger partial charge is 0.477 e. The fraction of sp³-hybridized carbons (Fsp3) is 0.231. The first-order valence-electron chi connectivity index (χ1n) is 5.67. The van der Waals surface area contributed by atoms with Crippen LogP contribution in [0.5, 0.6) is 0 Å². The first-order chi connectivity index (χ1) is 8.58. The van der Waals surface area contributed by atoms with Gasteiger partial charge < -0.3 is 9.67 Å². The summed E-state index contributed by atoms with van der Waals surface area (Å²) in [6.07, 6.45) is 1.78.